The van der Waals surface area contributed by atoms with Crippen LogP contribution in [0.15, 0.2) is 35.9 Å². The Labute approximate surface area is 396 Å². The maximum atomic E-state index is 14.3. The van der Waals surface area contributed by atoms with Gasteiger partial charge in [-0.1, -0.05) is 55.3 Å². The number of ether oxygens (including phenoxy) is 3. The zero-order valence-electron chi connectivity index (χ0n) is 39.5. The first-order valence-electron chi connectivity index (χ1n) is 23.0. The van der Waals surface area contributed by atoms with Gasteiger partial charge in [-0.15, -0.1) is 11.8 Å². The highest BCUT2D eigenvalue weighted by molar-refractivity contribution is 8.00. The third-order valence-electron chi connectivity index (χ3n) is 14.4. The lowest BCUT2D eigenvalue weighted by molar-refractivity contribution is -0.162. The minimum atomic E-state index is -1.64. The van der Waals surface area contributed by atoms with E-state index >= 15 is 0 Å². The van der Waals surface area contributed by atoms with E-state index in [9.17, 15) is 38.7 Å². The number of nitrogens with one attached hydrogen (secondary N) is 2. The highest BCUT2D eigenvalue weighted by Crippen LogP contribution is 2.49. The number of epoxide rings is 1. The number of likely N-dealkylation sites (tertiary alicyclic amines) is 1. The first kappa shape index (κ1) is 51.0. The molecular formula is C48H66ClN5O11S. The summed E-state index contributed by atoms with van der Waals surface area (Å²) in [5.41, 5.74) is 0.279. The number of alkyl carbamates (subject to hydrolysis) is 1. The number of imide groups is 1. The molecule has 4 fully saturated rings. The Bertz CT molecular complexity index is 2150. The molecule has 4 bridgehead atoms. The zero-order valence-corrected chi connectivity index (χ0v) is 41.1. The van der Waals surface area contributed by atoms with E-state index in [0.29, 0.717) is 36.5 Å². The van der Waals surface area contributed by atoms with Gasteiger partial charge in [-0.25, -0.2) is 9.59 Å². The Hall–Kier alpha value is -4.45. The van der Waals surface area contributed by atoms with Crippen molar-refractivity contribution < 1.29 is 52.9 Å². The van der Waals surface area contributed by atoms with Gasteiger partial charge in [-0.3, -0.25) is 34.2 Å². The number of allylic oxidation sites excluding steroid dienone is 3. The summed E-state index contributed by atoms with van der Waals surface area (Å²) in [6, 6.07) is 2.72. The second-order valence-corrected chi connectivity index (χ2v) is 20.8. The highest BCUT2D eigenvalue weighted by Gasteiger charge is 2.64. The fourth-order valence-electron chi connectivity index (χ4n) is 9.67. The minimum Gasteiger partial charge on any atom is -0.457 e. The number of carbonyl (C=O) groups excluding carboxylic acids is 7. The molecule has 0 radical (unpaired) electrons. The first-order chi connectivity index (χ1) is 31.1. The summed E-state index contributed by atoms with van der Waals surface area (Å²) in [5.74, 6) is -2.77. The highest BCUT2D eigenvalue weighted by atomic mass is 35.5. The van der Waals surface area contributed by atoms with E-state index in [1.54, 1.807) is 27.9 Å². The fraction of sp³-hybridized carbons (Fsp3) is 0.646. The molecule has 362 valence electrons. The normalized spacial score (nSPS) is 33.4. The van der Waals surface area contributed by atoms with E-state index in [1.807, 2.05) is 51.1 Å². The Kier molecular flexibility index (Phi) is 16.1. The van der Waals surface area contributed by atoms with Crippen molar-refractivity contribution in [2.75, 3.05) is 38.3 Å². The molecule has 5 aliphatic rings. The predicted octanol–water partition coefficient (Wildman–Crippen LogP) is 5.24. The van der Waals surface area contributed by atoms with Crippen molar-refractivity contribution in [1.29, 1.82) is 0 Å². The molecule has 6 rings (SSSR count). The van der Waals surface area contributed by atoms with Crippen LogP contribution in [0.25, 0.3) is 0 Å². The van der Waals surface area contributed by atoms with Crippen molar-refractivity contribution in [1.82, 2.24) is 20.4 Å². The molecule has 9 atom stereocenters. The Morgan fingerprint density at radius 3 is 2.47 bits per heavy atom. The van der Waals surface area contributed by atoms with Gasteiger partial charge in [-0.2, -0.15) is 0 Å². The summed E-state index contributed by atoms with van der Waals surface area (Å²) in [6.07, 6.45) is 5.41. The number of fused-ring (bicyclic) bond motifs is 5. The second kappa shape index (κ2) is 20.8. The average Bonchev–Trinajstić information content (AvgIpc) is 3.90. The van der Waals surface area contributed by atoms with E-state index in [0.717, 1.165) is 29.5 Å². The number of aliphatic hydroxyl groups is 1. The molecule has 1 aromatic rings. The van der Waals surface area contributed by atoms with Crippen LogP contribution in [0.4, 0.5) is 10.5 Å². The van der Waals surface area contributed by atoms with Gasteiger partial charge >= 0.3 is 12.1 Å². The van der Waals surface area contributed by atoms with Crippen molar-refractivity contribution in [2.24, 2.45) is 23.7 Å². The number of halogens is 1. The lowest BCUT2D eigenvalue weighted by atomic mass is 9.81. The van der Waals surface area contributed by atoms with Crippen LogP contribution in [0.5, 0.6) is 0 Å². The standard InChI is InChI=1S/C48H66ClN5O11S/c1-26-11-10-12-28(3)48(62)24-35(63-46(61)51-48)29(4)42-47(6,65-42)37(23-39(56)53(9)34-21-32(19-26)20-27(2)41(34)49)64-45(60)30(5)52(8)38(55)17-18-66-36-22-40(57)54(44(36)59)25-31-13-15-33(16-14-31)43(58)50-7/h10-12,20-21,28-31,33,35-37,42,62H,13-19,22-25H2,1-9H3,(H,50,58)(H,51,61)/b12-10+,26-11+/t28-,29-,30?,31?,33?,35?,36?,37+,42+,47+,48+/m1/s1. The Balaban J connectivity index is 1.13. The van der Waals surface area contributed by atoms with Gasteiger partial charge in [0.15, 0.2) is 0 Å². The first-order valence-corrected chi connectivity index (χ1v) is 24.4. The molecule has 3 saturated heterocycles. The summed E-state index contributed by atoms with van der Waals surface area (Å²) >= 11 is 8.05. The van der Waals surface area contributed by atoms with Crippen LogP contribution in [0.3, 0.4) is 0 Å². The third-order valence-corrected chi connectivity index (χ3v) is 16.1. The van der Waals surface area contributed by atoms with Gasteiger partial charge in [0.05, 0.1) is 28.5 Å². The number of esters is 1. The molecule has 16 nitrogen and oxygen atoms in total. The van der Waals surface area contributed by atoms with Crippen molar-refractivity contribution in [2.45, 2.75) is 140 Å². The monoisotopic (exact) mass is 955 g/mol. The SMILES string of the molecule is CNC(=O)C1CCC(CN2C(=O)CC(SCCC(=O)N(C)C(C)C(=O)O[C@H]3CC(=O)N(C)c4cc(cc(C)c4Cl)C/C(C)=C/C=C/[C@@H](C)[C@@]4(O)CC(OC(=O)N4)[C@@H](C)[C@@H]4O[C@@]34C)C2=O)CC1. The van der Waals surface area contributed by atoms with Gasteiger partial charge < -0.3 is 34.4 Å². The molecule has 3 N–H and O–H groups in total. The van der Waals surface area contributed by atoms with E-state index in [4.69, 9.17) is 25.8 Å². The minimum absolute atomic E-state index is 0.0162. The third kappa shape index (κ3) is 11.3. The molecule has 4 heterocycles. The number of amides is 6. The van der Waals surface area contributed by atoms with Crippen molar-refractivity contribution in [3.63, 3.8) is 0 Å². The number of likely N-dealkylation sites (N-methyl/N-ethyl adjacent to an activating group) is 1. The number of nitrogens with zero attached hydrogens (tertiary/aromatic N) is 3. The molecule has 1 aromatic carbocycles. The summed E-state index contributed by atoms with van der Waals surface area (Å²) in [4.78, 5) is 97.0. The van der Waals surface area contributed by atoms with Gasteiger partial charge in [0.2, 0.25) is 29.5 Å². The zero-order chi connectivity index (χ0) is 48.4. The van der Waals surface area contributed by atoms with E-state index < -0.39 is 70.7 Å². The smallest absolute Gasteiger partial charge is 0.409 e. The number of aryl methyl sites for hydroxylation is 1. The summed E-state index contributed by atoms with van der Waals surface area (Å²) in [5, 5.41) is 16.8. The largest absolute Gasteiger partial charge is 0.457 e. The van der Waals surface area contributed by atoms with E-state index in [2.05, 4.69) is 10.6 Å². The quantitative estimate of drug-likeness (QED) is 0.157. The van der Waals surface area contributed by atoms with Crippen LogP contribution in [-0.4, -0.2) is 131 Å². The molecule has 6 amide bonds. The maximum Gasteiger partial charge on any atom is 0.409 e. The molecule has 66 heavy (non-hydrogen) atoms. The van der Waals surface area contributed by atoms with Gasteiger partial charge in [0.1, 0.15) is 29.6 Å². The van der Waals surface area contributed by atoms with Crippen LogP contribution in [0.2, 0.25) is 5.02 Å². The Morgan fingerprint density at radius 2 is 1.79 bits per heavy atom. The maximum absolute atomic E-state index is 14.3. The number of anilines is 1. The average molecular weight is 957 g/mol. The molecule has 1 saturated carbocycles. The number of carbonyl (C=O) groups is 7. The van der Waals surface area contributed by atoms with Crippen LogP contribution in [0, 0.1) is 30.6 Å². The van der Waals surface area contributed by atoms with Crippen LogP contribution in [-0.2, 0) is 49.4 Å². The molecule has 0 spiro atoms. The summed E-state index contributed by atoms with van der Waals surface area (Å²) < 4.78 is 18.2. The lowest BCUT2D eigenvalue weighted by Crippen LogP contribution is -2.60. The van der Waals surface area contributed by atoms with Crippen LogP contribution >= 0.6 is 23.4 Å². The second-order valence-electron chi connectivity index (χ2n) is 19.1. The Morgan fingerprint density at radius 1 is 1.09 bits per heavy atom. The lowest BCUT2D eigenvalue weighted by Gasteiger charge is -2.41. The number of hydrogen-bond acceptors (Lipinski definition) is 12. The molecule has 18 heteroatoms. The molecule has 4 aliphatic heterocycles. The van der Waals surface area contributed by atoms with Crippen molar-refractivity contribution >= 4 is 70.6 Å². The predicted molar refractivity (Wildman–Crippen MR) is 249 cm³/mol. The van der Waals surface area contributed by atoms with E-state index in [-0.39, 0.29) is 66.9 Å². The van der Waals surface area contributed by atoms with Crippen molar-refractivity contribution in [3.8, 4) is 0 Å². The number of thioether (sulfide) groups is 1. The number of hydrogen-bond donors (Lipinski definition) is 3. The van der Waals surface area contributed by atoms with Gasteiger partial charge in [-0.05, 0) is 82.9 Å². The topological polar surface area (TPSA) is 204 Å². The van der Waals surface area contributed by atoms with Crippen molar-refractivity contribution in [3.05, 3.63) is 52.1 Å². The van der Waals surface area contributed by atoms with Gasteiger partial charge in [0, 0.05) is 70.5 Å². The molecular weight excluding hydrogens is 890 g/mol. The summed E-state index contributed by atoms with van der Waals surface area (Å²) in [6.45, 7) is 11.0. The molecule has 0 aromatic heterocycles. The number of benzene rings is 1. The van der Waals surface area contributed by atoms with E-state index in [1.165, 1.54) is 40.4 Å². The van der Waals surface area contributed by atoms with Crippen LogP contribution < -0.4 is 15.5 Å². The van der Waals surface area contributed by atoms with Gasteiger partial charge in [0.25, 0.3) is 0 Å². The molecule has 3 unspecified atom stereocenters. The number of rotatable bonds is 10. The van der Waals surface area contributed by atoms with Crippen LogP contribution in [0.1, 0.15) is 97.1 Å². The molecule has 1 aliphatic carbocycles. The summed E-state index contributed by atoms with van der Waals surface area (Å²) in [7, 11) is 4.71. The fourth-order valence-corrected chi connectivity index (χ4v) is 11.0.